The summed E-state index contributed by atoms with van der Waals surface area (Å²) in [6.45, 7) is 0. The third-order valence-corrected chi connectivity index (χ3v) is 2.95. The molecular weight excluding hydrogens is 226 g/mol. The van der Waals surface area contributed by atoms with E-state index in [1.54, 1.807) is 11.8 Å². The van der Waals surface area contributed by atoms with Gasteiger partial charge in [-0.3, -0.25) is 9.67 Å². The molecule has 0 saturated carbocycles. The molecule has 0 radical (unpaired) electrons. The Kier molecular flexibility index (Phi) is 2.48. The van der Waals surface area contributed by atoms with Gasteiger partial charge in [0.1, 0.15) is 5.75 Å². The maximum absolute atomic E-state index is 5.24. The zero-order valence-corrected chi connectivity index (χ0v) is 10.3. The molecule has 0 spiro atoms. The highest BCUT2D eigenvalue weighted by atomic mass is 16.5. The van der Waals surface area contributed by atoms with E-state index in [4.69, 9.17) is 4.74 Å². The lowest BCUT2D eigenvalue weighted by atomic mass is 10.1. The molecule has 18 heavy (non-hydrogen) atoms. The lowest BCUT2D eigenvalue weighted by molar-refractivity contribution is 0.415. The first-order valence-corrected chi connectivity index (χ1v) is 5.70. The Morgan fingerprint density at radius 3 is 2.83 bits per heavy atom. The first-order valence-electron chi connectivity index (χ1n) is 5.70. The quantitative estimate of drug-likeness (QED) is 0.690. The van der Waals surface area contributed by atoms with Crippen LogP contribution in [-0.2, 0) is 7.05 Å². The molecule has 3 rings (SSSR count). The van der Waals surface area contributed by atoms with Crippen LogP contribution in [0.3, 0.4) is 0 Å². The average Bonchev–Trinajstić information content (AvgIpc) is 2.84. The Bertz CT molecular complexity index is 703. The van der Waals surface area contributed by atoms with Gasteiger partial charge in [-0.2, -0.15) is 5.10 Å². The number of aryl methyl sites for hydroxylation is 1. The zero-order chi connectivity index (χ0) is 12.5. The van der Waals surface area contributed by atoms with Gasteiger partial charge in [0.05, 0.1) is 19.0 Å². The number of methoxy groups -OCH3 is 1. The van der Waals surface area contributed by atoms with E-state index < -0.39 is 0 Å². The SMILES string of the molecule is COc1ccc2c(-c3cnn(C)c3)nccc2c1. The van der Waals surface area contributed by atoms with Gasteiger partial charge in [0.25, 0.3) is 0 Å². The fourth-order valence-electron chi connectivity index (χ4n) is 2.06. The van der Waals surface area contributed by atoms with Crippen LogP contribution in [0.2, 0.25) is 0 Å². The van der Waals surface area contributed by atoms with E-state index in [0.29, 0.717) is 0 Å². The number of hydrogen-bond donors (Lipinski definition) is 0. The van der Waals surface area contributed by atoms with E-state index in [0.717, 1.165) is 27.8 Å². The Morgan fingerprint density at radius 1 is 1.22 bits per heavy atom. The summed E-state index contributed by atoms with van der Waals surface area (Å²) < 4.78 is 7.01. The van der Waals surface area contributed by atoms with Crippen LogP contribution in [0.15, 0.2) is 42.9 Å². The van der Waals surface area contributed by atoms with Crippen LogP contribution < -0.4 is 4.74 Å². The van der Waals surface area contributed by atoms with Crippen molar-refractivity contribution in [3.63, 3.8) is 0 Å². The first kappa shape index (κ1) is 10.8. The summed E-state index contributed by atoms with van der Waals surface area (Å²) in [7, 11) is 3.57. The molecule has 2 aromatic heterocycles. The molecule has 4 nitrogen and oxygen atoms in total. The summed E-state index contributed by atoms with van der Waals surface area (Å²) in [4.78, 5) is 4.45. The molecule has 0 aliphatic heterocycles. The molecule has 0 unspecified atom stereocenters. The van der Waals surface area contributed by atoms with E-state index in [-0.39, 0.29) is 0 Å². The Morgan fingerprint density at radius 2 is 2.11 bits per heavy atom. The summed E-state index contributed by atoms with van der Waals surface area (Å²) in [6, 6.07) is 7.97. The summed E-state index contributed by atoms with van der Waals surface area (Å²) in [5, 5.41) is 6.40. The predicted octanol–water partition coefficient (Wildman–Crippen LogP) is 2.64. The maximum Gasteiger partial charge on any atom is 0.119 e. The molecule has 0 amide bonds. The van der Waals surface area contributed by atoms with Gasteiger partial charge in [0.15, 0.2) is 0 Å². The van der Waals surface area contributed by atoms with Crippen LogP contribution in [0.25, 0.3) is 22.0 Å². The van der Waals surface area contributed by atoms with Crippen LogP contribution in [0.5, 0.6) is 5.75 Å². The number of benzene rings is 1. The standard InChI is InChI=1S/C14H13N3O/c1-17-9-11(8-16-17)14-13-4-3-12(18-2)7-10(13)5-6-15-14/h3-9H,1-2H3. The van der Waals surface area contributed by atoms with Gasteiger partial charge in [0, 0.05) is 30.4 Å². The van der Waals surface area contributed by atoms with Crippen molar-refractivity contribution in [1.82, 2.24) is 14.8 Å². The van der Waals surface area contributed by atoms with Gasteiger partial charge in [-0.25, -0.2) is 0 Å². The van der Waals surface area contributed by atoms with E-state index in [2.05, 4.69) is 10.1 Å². The normalized spacial score (nSPS) is 10.8. The second kappa shape index (κ2) is 4.14. The molecule has 4 heteroatoms. The summed E-state index contributed by atoms with van der Waals surface area (Å²) in [6.07, 6.45) is 5.60. The number of pyridine rings is 1. The fraction of sp³-hybridized carbons (Fsp3) is 0.143. The van der Waals surface area contributed by atoms with Crippen molar-refractivity contribution in [2.45, 2.75) is 0 Å². The van der Waals surface area contributed by atoms with Crippen molar-refractivity contribution >= 4 is 10.8 Å². The largest absolute Gasteiger partial charge is 0.497 e. The highest BCUT2D eigenvalue weighted by Gasteiger charge is 2.07. The summed E-state index contributed by atoms with van der Waals surface area (Å²) >= 11 is 0. The molecule has 0 bridgehead atoms. The summed E-state index contributed by atoms with van der Waals surface area (Å²) in [5.41, 5.74) is 1.97. The molecular formula is C14H13N3O. The third kappa shape index (κ3) is 1.72. The minimum atomic E-state index is 0.853. The lowest BCUT2D eigenvalue weighted by Crippen LogP contribution is -1.87. The zero-order valence-electron chi connectivity index (χ0n) is 10.3. The molecule has 0 aliphatic rings. The fourth-order valence-corrected chi connectivity index (χ4v) is 2.06. The number of nitrogens with zero attached hydrogens (tertiary/aromatic N) is 3. The van der Waals surface area contributed by atoms with Gasteiger partial charge in [-0.15, -0.1) is 0 Å². The average molecular weight is 239 g/mol. The Hall–Kier alpha value is -2.36. The Labute approximate surface area is 105 Å². The molecule has 90 valence electrons. The molecule has 0 aliphatic carbocycles. The lowest BCUT2D eigenvalue weighted by Gasteiger charge is -2.05. The van der Waals surface area contributed by atoms with E-state index in [9.17, 15) is 0 Å². The van der Waals surface area contributed by atoms with Crippen molar-refractivity contribution in [1.29, 1.82) is 0 Å². The van der Waals surface area contributed by atoms with Crippen LogP contribution in [0, 0.1) is 0 Å². The van der Waals surface area contributed by atoms with Crippen molar-refractivity contribution < 1.29 is 4.74 Å². The first-order chi connectivity index (χ1) is 8.78. The smallest absolute Gasteiger partial charge is 0.119 e. The topological polar surface area (TPSA) is 39.9 Å². The van der Waals surface area contributed by atoms with Crippen LogP contribution in [-0.4, -0.2) is 21.9 Å². The van der Waals surface area contributed by atoms with Gasteiger partial charge in [-0.1, -0.05) is 0 Å². The predicted molar refractivity (Wildman–Crippen MR) is 70.5 cm³/mol. The van der Waals surface area contributed by atoms with Gasteiger partial charge < -0.3 is 4.74 Å². The van der Waals surface area contributed by atoms with E-state index >= 15 is 0 Å². The second-order valence-corrected chi connectivity index (χ2v) is 4.15. The van der Waals surface area contributed by atoms with Crippen molar-refractivity contribution in [3.8, 4) is 17.0 Å². The van der Waals surface area contributed by atoms with Gasteiger partial charge >= 0.3 is 0 Å². The van der Waals surface area contributed by atoms with Crippen LogP contribution >= 0.6 is 0 Å². The second-order valence-electron chi connectivity index (χ2n) is 4.15. The van der Waals surface area contributed by atoms with Crippen LogP contribution in [0.1, 0.15) is 0 Å². The maximum atomic E-state index is 5.24. The van der Waals surface area contributed by atoms with E-state index in [1.165, 1.54) is 0 Å². The number of aromatic nitrogens is 3. The Balaban J connectivity index is 2.24. The van der Waals surface area contributed by atoms with Crippen molar-refractivity contribution in [3.05, 3.63) is 42.9 Å². The van der Waals surface area contributed by atoms with Crippen molar-refractivity contribution in [2.24, 2.45) is 7.05 Å². The number of ether oxygens (including phenoxy) is 1. The number of rotatable bonds is 2. The van der Waals surface area contributed by atoms with Gasteiger partial charge in [-0.05, 0) is 29.7 Å². The summed E-state index contributed by atoms with van der Waals surface area (Å²) in [5.74, 6) is 0.853. The monoisotopic (exact) mass is 239 g/mol. The molecule has 1 aromatic carbocycles. The molecule has 0 saturated heterocycles. The van der Waals surface area contributed by atoms with Crippen LogP contribution in [0.4, 0.5) is 0 Å². The number of fused-ring (bicyclic) bond motifs is 1. The molecule has 0 N–H and O–H groups in total. The molecule has 3 aromatic rings. The van der Waals surface area contributed by atoms with E-state index in [1.807, 2.05) is 49.9 Å². The van der Waals surface area contributed by atoms with Gasteiger partial charge in [0.2, 0.25) is 0 Å². The minimum Gasteiger partial charge on any atom is -0.497 e. The highest BCUT2D eigenvalue weighted by molar-refractivity contribution is 5.94. The molecule has 0 atom stereocenters. The minimum absolute atomic E-state index is 0.853. The highest BCUT2D eigenvalue weighted by Crippen LogP contribution is 2.28. The number of hydrogen-bond acceptors (Lipinski definition) is 3. The molecule has 2 heterocycles. The molecule has 0 fully saturated rings. The third-order valence-electron chi connectivity index (χ3n) is 2.95. The van der Waals surface area contributed by atoms with Crippen molar-refractivity contribution in [2.75, 3.05) is 7.11 Å².